The second-order valence-electron chi connectivity index (χ2n) is 4.62. The predicted molar refractivity (Wildman–Crippen MR) is 66.6 cm³/mol. The van der Waals surface area contributed by atoms with E-state index in [0.29, 0.717) is 6.04 Å². The summed E-state index contributed by atoms with van der Waals surface area (Å²) in [7, 11) is 0. The minimum Gasteiger partial charge on any atom is -0.381 e. The zero-order valence-corrected chi connectivity index (χ0v) is 9.37. The number of nitrogens with one attached hydrogen (secondary N) is 2. The first-order chi connectivity index (χ1) is 7.93. The molecule has 2 aromatic rings. The summed E-state index contributed by atoms with van der Waals surface area (Å²) >= 11 is 0. The molecule has 0 spiro atoms. The van der Waals surface area contributed by atoms with E-state index >= 15 is 0 Å². The standard InChI is InChI=1S/C13H17N3/c1-2-6-11(7-3-1)15-12-8-4-5-10-9-14-16-13(10)12/h4-5,8-9,11,15H,1-3,6-7H2,(H,14,16). The largest absolute Gasteiger partial charge is 0.381 e. The van der Waals surface area contributed by atoms with Crippen LogP contribution in [0.25, 0.3) is 10.9 Å². The third-order valence-electron chi connectivity index (χ3n) is 3.44. The number of fused-ring (bicyclic) bond motifs is 1. The van der Waals surface area contributed by atoms with E-state index in [-0.39, 0.29) is 0 Å². The lowest BCUT2D eigenvalue weighted by Crippen LogP contribution is -2.22. The lowest BCUT2D eigenvalue weighted by Gasteiger charge is -2.24. The zero-order valence-electron chi connectivity index (χ0n) is 9.37. The van der Waals surface area contributed by atoms with Gasteiger partial charge in [0.1, 0.15) is 0 Å². The van der Waals surface area contributed by atoms with Gasteiger partial charge in [-0.2, -0.15) is 5.10 Å². The third kappa shape index (κ3) is 1.77. The van der Waals surface area contributed by atoms with Gasteiger partial charge in [0.15, 0.2) is 0 Å². The van der Waals surface area contributed by atoms with Crippen LogP contribution in [0.4, 0.5) is 5.69 Å². The van der Waals surface area contributed by atoms with Gasteiger partial charge < -0.3 is 5.32 Å². The van der Waals surface area contributed by atoms with Crippen LogP contribution in [0.1, 0.15) is 32.1 Å². The van der Waals surface area contributed by atoms with E-state index in [9.17, 15) is 0 Å². The molecule has 16 heavy (non-hydrogen) atoms. The summed E-state index contributed by atoms with van der Waals surface area (Å²) in [5.41, 5.74) is 2.33. The van der Waals surface area contributed by atoms with E-state index in [1.165, 1.54) is 43.2 Å². The highest BCUT2D eigenvalue weighted by molar-refractivity contribution is 5.89. The quantitative estimate of drug-likeness (QED) is 0.807. The van der Waals surface area contributed by atoms with Crippen LogP contribution in [0, 0.1) is 0 Å². The fraction of sp³-hybridized carbons (Fsp3) is 0.462. The van der Waals surface area contributed by atoms with Gasteiger partial charge in [0.2, 0.25) is 0 Å². The number of anilines is 1. The van der Waals surface area contributed by atoms with Crippen molar-refractivity contribution in [1.82, 2.24) is 10.2 Å². The fourth-order valence-corrected chi connectivity index (χ4v) is 2.56. The Balaban J connectivity index is 1.85. The highest BCUT2D eigenvalue weighted by atomic mass is 15.1. The molecule has 0 amide bonds. The van der Waals surface area contributed by atoms with Gasteiger partial charge in [-0.1, -0.05) is 31.4 Å². The van der Waals surface area contributed by atoms with Crippen molar-refractivity contribution in [3.05, 3.63) is 24.4 Å². The number of aromatic amines is 1. The summed E-state index contributed by atoms with van der Waals surface area (Å²) in [6.07, 6.45) is 8.58. The van der Waals surface area contributed by atoms with Crippen molar-refractivity contribution < 1.29 is 0 Å². The molecule has 0 saturated heterocycles. The summed E-state index contributed by atoms with van der Waals surface area (Å²) in [6, 6.07) is 6.95. The molecule has 1 fully saturated rings. The molecular formula is C13H17N3. The van der Waals surface area contributed by atoms with Crippen LogP contribution in [0.5, 0.6) is 0 Å². The molecule has 0 aliphatic heterocycles. The summed E-state index contributed by atoms with van der Waals surface area (Å²) < 4.78 is 0. The highest BCUT2D eigenvalue weighted by Crippen LogP contribution is 2.25. The average molecular weight is 215 g/mol. The minimum atomic E-state index is 0.641. The van der Waals surface area contributed by atoms with Crippen molar-refractivity contribution in [2.45, 2.75) is 38.1 Å². The summed E-state index contributed by atoms with van der Waals surface area (Å²) in [6.45, 7) is 0. The van der Waals surface area contributed by atoms with Crippen LogP contribution in [-0.2, 0) is 0 Å². The Labute approximate surface area is 95.2 Å². The van der Waals surface area contributed by atoms with Crippen molar-refractivity contribution in [2.24, 2.45) is 0 Å². The molecule has 1 aliphatic rings. The number of rotatable bonds is 2. The lowest BCUT2D eigenvalue weighted by atomic mass is 9.95. The maximum atomic E-state index is 4.09. The van der Waals surface area contributed by atoms with Crippen molar-refractivity contribution in [3.63, 3.8) is 0 Å². The molecule has 1 aromatic heterocycles. The zero-order chi connectivity index (χ0) is 10.8. The Morgan fingerprint density at radius 1 is 1.19 bits per heavy atom. The molecule has 0 unspecified atom stereocenters. The Kier molecular flexibility index (Phi) is 2.52. The normalized spacial score (nSPS) is 17.8. The topological polar surface area (TPSA) is 40.7 Å². The average Bonchev–Trinajstić information content (AvgIpc) is 2.80. The van der Waals surface area contributed by atoms with Gasteiger partial charge in [0.25, 0.3) is 0 Å². The van der Waals surface area contributed by atoms with Crippen LogP contribution in [0.2, 0.25) is 0 Å². The number of nitrogens with zero attached hydrogens (tertiary/aromatic N) is 1. The smallest absolute Gasteiger partial charge is 0.0881 e. The van der Waals surface area contributed by atoms with E-state index in [1.807, 2.05) is 6.20 Å². The van der Waals surface area contributed by atoms with E-state index in [4.69, 9.17) is 0 Å². The van der Waals surface area contributed by atoms with Gasteiger partial charge in [0, 0.05) is 11.4 Å². The van der Waals surface area contributed by atoms with E-state index < -0.39 is 0 Å². The van der Waals surface area contributed by atoms with E-state index in [1.54, 1.807) is 0 Å². The number of benzene rings is 1. The number of para-hydroxylation sites is 1. The molecule has 1 heterocycles. The fourth-order valence-electron chi connectivity index (χ4n) is 2.56. The molecule has 0 radical (unpaired) electrons. The first-order valence-corrected chi connectivity index (χ1v) is 6.12. The molecule has 1 aromatic carbocycles. The van der Waals surface area contributed by atoms with E-state index in [2.05, 4.69) is 33.7 Å². The molecule has 84 valence electrons. The van der Waals surface area contributed by atoms with Crippen molar-refractivity contribution in [1.29, 1.82) is 0 Å². The minimum absolute atomic E-state index is 0.641. The lowest BCUT2D eigenvalue weighted by molar-refractivity contribution is 0.463. The van der Waals surface area contributed by atoms with Crippen molar-refractivity contribution in [2.75, 3.05) is 5.32 Å². The molecule has 3 rings (SSSR count). The molecule has 3 nitrogen and oxygen atoms in total. The molecular weight excluding hydrogens is 198 g/mol. The van der Waals surface area contributed by atoms with Crippen LogP contribution in [0.15, 0.2) is 24.4 Å². The molecule has 1 aliphatic carbocycles. The number of hydrogen-bond acceptors (Lipinski definition) is 2. The first-order valence-electron chi connectivity index (χ1n) is 6.12. The van der Waals surface area contributed by atoms with Gasteiger partial charge in [-0.05, 0) is 18.9 Å². The second kappa shape index (κ2) is 4.16. The number of H-pyrrole nitrogens is 1. The van der Waals surface area contributed by atoms with Gasteiger partial charge in [-0.3, -0.25) is 5.10 Å². The molecule has 1 saturated carbocycles. The van der Waals surface area contributed by atoms with Crippen molar-refractivity contribution >= 4 is 16.6 Å². The number of hydrogen-bond donors (Lipinski definition) is 2. The Morgan fingerprint density at radius 2 is 2.06 bits per heavy atom. The highest BCUT2D eigenvalue weighted by Gasteiger charge is 2.14. The monoisotopic (exact) mass is 215 g/mol. The van der Waals surface area contributed by atoms with Gasteiger partial charge in [0.05, 0.1) is 17.4 Å². The van der Waals surface area contributed by atoms with Gasteiger partial charge in [-0.25, -0.2) is 0 Å². The third-order valence-corrected chi connectivity index (χ3v) is 3.44. The van der Waals surface area contributed by atoms with Crippen LogP contribution in [-0.4, -0.2) is 16.2 Å². The molecule has 0 bridgehead atoms. The maximum Gasteiger partial charge on any atom is 0.0881 e. The predicted octanol–water partition coefficient (Wildman–Crippen LogP) is 3.31. The summed E-state index contributed by atoms with van der Waals surface area (Å²) in [4.78, 5) is 0. The van der Waals surface area contributed by atoms with Gasteiger partial charge in [-0.15, -0.1) is 0 Å². The number of aromatic nitrogens is 2. The van der Waals surface area contributed by atoms with Crippen molar-refractivity contribution in [3.8, 4) is 0 Å². The SMILES string of the molecule is c1cc(NC2CCCCC2)c2[nH]ncc2c1. The Hall–Kier alpha value is -1.51. The Bertz CT molecular complexity index is 469. The molecule has 3 heteroatoms. The van der Waals surface area contributed by atoms with Crippen LogP contribution < -0.4 is 5.32 Å². The Morgan fingerprint density at radius 3 is 2.94 bits per heavy atom. The first kappa shape index (κ1) is 9.70. The van der Waals surface area contributed by atoms with Crippen LogP contribution in [0.3, 0.4) is 0 Å². The van der Waals surface area contributed by atoms with E-state index in [0.717, 1.165) is 5.52 Å². The van der Waals surface area contributed by atoms with Crippen LogP contribution >= 0.6 is 0 Å². The molecule has 2 N–H and O–H groups in total. The molecule has 0 atom stereocenters. The summed E-state index contributed by atoms with van der Waals surface area (Å²) in [5, 5.41) is 12.0. The second-order valence-corrected chi connectivity index (χ2v) is 4.62. The summed E-state index contributed by atoms with van der Waals surface area (Å²) in [5.74, 6) is 0. The van der Waals surface area contributed by atoms with Gasteiger partial charge >= 0.3 is 0 Å². The maximum absolute atomic E-state index is 4.09.